The molecular formula is C7H11O. The topological polar surface area (TPSA) is 17.1 Å². The van der Waals surface area contributed by atoms with E-state index in [1.807, 2.05) is 6.92 Å². The molecule has 45 valence electrons. The van der Waals surface area contributed by atoms with Gasteiger partial charge < -0.3 is 0 Å². The molecule has 0 spiro atoms. The summed E-state index contributed by atoms with van der Waals surface area (Å²) in [5.41, 5.74) is -0.0833. The van der Waals surface area contributed by atoms with Gasteiger partial charge in [-0.25, -0.2) is 0 Å². The number of hydrogen-bond donors (Lipinski definition) is 0. The average molecular weight is 111 g/mol. The van der Waals surface area contributed by atoms with Gasteiger partial charge in [-0.15, -0.1) is 0 Å². The molecule has 1 heteroatoms. The number of hydrogen-bond acceptors (Lipinski definition) is 1. The Bertz CT molecular complexity index is 109. The molecule has 0 aromatic rings. The highest BCUT2D eigenvalue weighted by Gasteiger charge is 2.39. The van der Waals surface area contributed by atoms with Crippen molar-refractivity contribution in [1.29, 1.82) is 0 Å². The van der Waals surface area contributed by atoms with Crippen molar-refractivity contribution >= 4 is 6.29 Å². The predicted octanol–water partition coefficient (Wildman–Crippen LogP) is 1.53. The monoisotopic (exact) mass is 111 g/mol. The van der Waals surface area contributed by atoms with Crippen LogP contribution < -0.4 is 0 Å². The standard InChI is InChI=1S/C7H11O/c1-6-3-4-7(6,2)5-8/h6H,3-4H2,1-2H3. The van der Waals surface area contributed by atoms with Crippen molar-refractivity contribution in [2.75, 3.05) is 0 Å². The molecule has 1 nitrogen and oxygen atoms in total. The molecule has 0 N–H and O–H groups in total. The lowest BCUT2D eigenvalue weighted by atomic mass is 9.63. The van der Waals surface area contributed by atoms with Crippen LogP contribution in [0.3, 0.4) is 0 Å². The molecule has 0 saturated heterocycles. The molecule has 1 radical (unpaired) electrons. The van der Waals surface area contributed by atoms with Gasteiger partial charge in [0.1, 0.15) is 0 Å². The molecule has 2 atom stereocenters. The lowest BCUT2D eigenvalue weighted by Gasteiger charge is -2.39. The Morgan fingerprint density at radius 2 is 2.38 bits per heavy atom. The van der Waals surface area contributed by atoms with Crippen LogP contribution in [0.4, 0.5) is 0 Å². The molecule has 0 amide bonds. The van der Waals surface area contributed by atoms with Gasteiger partial charge in [0.05, 0.1) is 0 Å². The van der Waals surface area contributed by atoms with Crippen LogP contribution in [-0.4, -0.2) is 6.29 Å². The molecule has 0 aromatic heterocycles. The maximum atomic E-state index is 10.2. The van der Waals surface area contributed by atoms with E-state index in [0.717, 1.165) is 6.42 Å². The third-order valence-electron chi connectivity index (χ3n) is 2.42. The summed E-state index contributed by atoms with van der Waals surface area (Å²) < 4.78 is 0. The molecule has 2 unspecified atom stereocenters. The first-order valence-corrected chi connectivity index (χ1v) is 3.08. The Balaban J connectivity index is 2.54. The van der Waals surface area contributed by atoms with Crippen LogP contribution in [0, 0.1) is 11.3 Å². The fourth-order valence-electron chi connectivity index (χ4n) is 1.02. The van der Waals surface area contributed by atoms with Crippen LogP contribution in [0.25, 0.3) is 0 Å². The van der Waals surface area contributed by atoms with E-state index in [1.54, 1.807) is 0 Å². The zero-order valence-corrected chi connectivity index (χ0v) is 5.40. The number of carbonyl (C=O) groups excluding carboxylic acids is 1. The molecule has 1 rings (SSSR count). The molecule has 0 heterocycles. The fourth-order valence-corrected chi connectivity index (χ4v) is 1.02. The Hall–Kier alpha value is -0.330. The lowest BCUT2D eigenvalue weighted by Crippen LogP contribution is -2.36. The summed E-state index contributed by atoms with van der Waals surface area (Å²) in [5, 5.41) is 0. The van der Waals surface area contributed by atoms with Crippen molar-refractivity contribution < 1.29 is 4.79 Å². The highest BCUT2D eigenvalue weighted by Crippen LogP contribution is 2.43. The van der Waals surface area contributed by atoms with E-state index in [-0.39, 0.29) is 5.41 Å². The fraction of sp³-hybridized carbons (Fsp3) is 0.857. The maximum Gasteiger partial charge on any atom is 0.205 e. The molecule has 1 saturated carbocycles. The summed E-state index contributed by atoms with van der Waals surface area (Å²) in [5.74, 6) is 0.569. The van der Waals surface area contributed by atoms with E-state index >= 15 is 0 Å². The first-order valence-electron chi connectivity index (χ1n) is 3.08. The van der Waals surface area contributed by atoms with Crippen molar-refractivity contribution in [2.45, 2.75) is 26.7 Å². The van der Waals surface area contributed by atoms with Crippen LogP contribution in [0.15, 0.2) is 0 Å². The van der Waals surface area contributed by atoms with Gasteiger partial charge in [0.15, 0.2) is 0 Å². The van der Waals surface area contributed by atoms with Gasteiger partial charge in [-0.3, -0.25) is 4.79 Å². The molecule has 8 heavy (non-hydrogen) atoms. The second kappa shape index (κ2) is 1.57. The normalized spacial score (nSPS) is 45.5. The second-order valence-corrected chi connectivity index (χ2v) is 2.96. The third-order valence-corrected chi connectivity index (χ3v) is 2.42. The van der Waals surface area contributed by atoms with Crippen LogP contribution >= 0.6 is 0 Å². The quantitative estimate of drug-likeness (QED) is 0.501. The minimum Gasteiger partial charge on any atom is -0.290 e. The Labute approximate surface area is 50.1 Å². The van der Waals surface area contributed by atoms with E-state index in [4.69, 9.17) is 0 Å². The molecular weight excluding hydrogens is 100 g/mol. The lowest BCUT2D eigenvalue weighted by molar-refractivity contribution is 0.143. The van der Waals surface area contributed by atoms with E-state index in [9.17, 15) is 4.79 Å². The minimum atomic E-state index is -0.0833. The van der Waals surface area contributed by atoms with Crippen molar-refractivity contribution in [3.63, 3.8) is 0 Å². The van der Waals surface area contributed by atoms with Gasteiger partial charge in [0.25, 0.3) is 0 Å². The van der Waals surface area contributed by atoms with Crippen LogP contribution in [0.2, 0.25) is 0 Å². The van der Waals surface area contributed by atoms with Gasteiger partial charge in [-0.05, 0) is 18.8 Å². The molecule has 0 aliphatic heterocycles. The van der Waals surface area contributed by atoms with Crippen LogP contribution in [-0.2, 0) is 4.79 Å². The van der Waals surface area contributed by atoms with Gasteiger partial charge in [-0.1, -0.05) is 13.8 Å². The summed E-state index contributed by atoms with van der Waals surface area (Å²) in [6.07, 6.45) is 4.32. The maximum absolute atomic E-state index is 10.2. The summed E-state index contributed by atoms with van der Waals surface area (Å²) in [7, 11) is 0. The average Bonchev–Trinajstić information content (AvgIpc) is 1.83. The van der Waals surface area contributed by atoms with E-state index in [1.165, 1.54) is 6.42 Å². The van der Waals surface area contributed by atoms with Crippen molar-refractivity contribution in [3.8, 4) is 0 Å². The number of rotatable bonds is 1. The Kier molecular flexibility index (Phi) is 1.14. The van der Waals surface area contributed by atoms with E-state index in [0.29, 0.717) is 5.92 Å². The van der Waals surface area contributed by atoms with Gasteiger partial charge in [0, 0.05) is 5.41 Å². The minimum absolute atomic E-state index is 0.0833. The van der Waals surface area contributed by atoms with Crippen molar-refractivity contribution in [2.24, 2.45) is 11.3 Å². The predicted molar refractivity (Wildman–Crippen MR) is 32.2 cm³/mol. The summed E-state index contributed by atoms with van der Waals surface area (Å²) in [6.45, 7) is 4.09. The summed E-state index contributed by atoms with van der Waals surface area (Å²) >= 11 is 0. The Morgan fingerprint density at radius 3 is 2.38 bits per heavy atom. The zero-order valence-electron chi connectivity index (χ0n) is 5.40. The van der Waals surface area contributed by atoms with Crippen molar-refractivity contribution in [1.82, 2.24) is 0 Å². The molecule has 1 fully saturated rings. The van der Waals surface area contributed by atoms with Crippen LogP contribution in [0.5, 0.6) is 0 Å². The third kappa shape index (κ3) is 0.575. The van der Waals surface area contributed by atoms with Gasteiger partial charge in [-0.2, -0.15) is 0 Å². The van der Waals surface area contributed by atoms with E-state index < -0.39 is 0 Å². The van der Waals surface area contributed by atoms with Crippen LogP contribution in [0.1, 0.15) is 26.7 Å². The largest absolute Gasteiger partial charge is 0.290 e. The summed E-state index contributed by atoms with van der Waals surface area (Å²) in [4.78, 5) is 10.2. The SMILES string of the molecule is CC1CCC1(C)[C]=O. The molecule has 0 aromatic carbocycles. The summed E-state index contributed by atoms with van der Waals surface area (Å²) in [6, 6.07) is 0. The molecule has 0 bridgehead atoms. The first-order chi connectivity index (χ1) is 3.69. The highest BCUT2D eigenvalue weighted by molar-refractivity contribution is 5.61. The zero-order chi connectivity index (χ0) is 6.20. The second-order valence-electron chi connectivity index (χ2n) is 2.96. The molecule has 1 aliphatic carbocycles. The highest BCUT2D eigenvalue weighted by atomic mass is 16.1. The Morgan fingerprint density at radius 1 is 1.75 bits per heavy atom. The van der Waals surface area contributed by atoms with E-state index in [2.05, 4.69) is 13.2 Å². The smallest absolute Gasteiger partial charge is 0.205 e. The molecule has 1 aliphatic rings. The van der Waals surface area contributed by atoms with Gasteiger partial charge >= 0.3 is 0 Å². The van der Waals surface area contributed by atoms with Crippen molar-refractivity contribution in [3.05, 3.63) is 0 Å². The first kappa shape index (κ1) is 5.80. The van der Waals surface area contributed by atoms with Gasteiger partial charge in [0.2, 0.25) is 6.29 Å².